The standard InChI is InChI=1S/C20H14FN3O/c1-13-3-5-14(6-4-13)19(25)18-12-15-11-16(21)7-8-17(15)24(18)20-22-9-2-10-23-20/h2-12H,1H3. The molecule has 0 spiro atoms. The summed E-state index contributed by atoms with van der Waals surface area (Å²) < 4.78 is 15.3. The molecule has 122 valence electrons. The number of carbonyl (C=O) groups is 1. The van der Waals surface area contributed by atoms with E-state index in [0.717, 1.165) is 5.56 Å². The summed E-state index contributed by atoms with van der Waals surface area (Å²) in [4.78, 5) is 21.5. The summed E-state index contributed by atoms with van der Waals surface area (Å²) in [6.07, 6.45) is 3.22. The lowest BCUT2D eigenvalue weighted by atomic mass is 10.1. The van der Waals surface area contributed by atoms with Gasteiger partial charge in [-0.2, -0.15) is 0 Å². The quantitative estimate of drug-likeness (QED) is 0.531. The number of benzene rings is 2. The normalized spacial score (nSPS) is 11.0. The SMILES string of the molecule is Cc1ccc(C(=O)c2cc3cc(F)ccc3n2-c2ncccn2)cc1. The van der Waals surface area contributed by atoms with E-state index in [9.17, 15) is 9.18 Å². The van der Waals surface area contributed by atoms with Crippen LogP contribution < -0.4 is 0 Å². The van der Waals surface area contributed by atoms with Gasteiger partial charge in [-0.05, 0) is 37.3 Å². The fourth-order valence-corrected chi connectivity index (χ4v) is 2.83. The van der Waals surface area contributed by atoms with Crippen LogP contribution in [0.3, 0.4) is 0 Å². The average Bonchev–Trinajstić information content (AvgIpc) is 3.01. The summed E-state index contributed by atoms with van der Waals surface area (Å²) in [6.45, 7) is 1.96. The van der Waals surface area contributed by atoms with E-state index in [-0.39, 0.29) is 11.6 Å². The van der Waals surface area contributed by atoms with Crippen LogP contribution in [0.1, 0.15) is 21.6 Å². The van der Waals surface area contributed by atoms with Gasteiger partial charge < -0.3 is 0 Å². The number of hydrogen-bond donors (Lipinski definition) is 0. The highest BCUT2D eigenvalue weighted by atomic mass is 19.1. The van der Waals surface area contributed by atoms with Crippen molar-refractivity contribution in [3.05, 3.63) is 89.6 Å². The van der Waals surface area contributed by atoms with E-state index >= 15 is 0 Å². The summed E-state index contributed by atoms with van der Waals surface area (Å²) in [5, 5.41) is 0.628. The molecule has 0 aliphatic carbocycles. The van der Waals surface area contributed by atoms with E-state index in [1.54, 1.807) is 47.3 Å². The molecule has 0 aliphatic heterocycles. The Labute approximate surface area is 143 Å². The van der Waals surface area contributed by atoms with Crippen molar-refractivity contribution in [3.8, 4) is 5.95 Å². The van der Waals surface area contributed by atoms with Crippen LogP contribution in [0.5, 0.6) is 0 Å². The van der Waals surface area contributed by atoms with Crippen LogP contribution in [-0.4, -0.2) is 20.3 Å². The van der Waals surface area contributed by atoms with Gasteiger partial charge >= 0.3 is 0 Å². The second-order valence-corrected chi connectivity index (χ2v) is 5.81. The van der Waals surface area contributed by atoms with Crippen LogP contribution >= 0.6 is 0 Å². The van der Waals surface area contributed by atoms with E-state index in [4.69, 9.17) is 0 Å². The maximum Gasteiger partial charge on any atom is 0.234 e. The van der Waals surface area contributed by atoms with Gasteiger partial charge in [-0.3, -0.25) is 9.36 Å². The molecule has 0 saturated carbocycles. The van der Waals surface area contributed by atoms with Crippen molar-refractivity contribution in [1.29, 1.82) is 0 Å². The van der Waals surface area contributed by atoms with Gasteiger partial charge in [0.15, 0.2) is 0 Å². The lowest BCUT2D eigenvalue weighted by Crippen LogP contribution is -2.11. The molecule has 0 fully saturated rings. The van der Waals surface area contributed by atoms with E-state index in [1.807, 2.05) is 19.1 Å². The number of aromatic nitrogens is 3. The molecular formula is C20H14FN3O. The Bertz CT molecular complexity index is 1070. The molecule has 0 N–H and O–H groups in total. The minimum Gasteiger partial charge on any atom is -0.287 e. The Morgan fingerprint density at radius 2 is 1.72 bits per heavy atom. The zero-order chi connectivity index (χ0) is 17.4. The van der Waals surface area contributed by atoms with Gasteiger partial charge in [0.05, 0.1) is 11.2 Å². The molecule has 4 aromatic rings. The van der Waals surface area contributed by atoms with Crippen LogP contribution in [0.15, 0.2) is 67.0 Å². The largest absolute Gasteiger partial charge is 0.287 e. The number of halogens is 1. The Morgan fingerprint density at radius 1 is 1.00 bits per heavy atom. The number of carbonyl (C=O) groups excluding carboxylic acids is 1. The third kappa shape index (κ3) is 2.70. The van der Waals surface area contributed by atoms with Crippen molar-refractivity contribution in [3.63, 3.8) is 0 Å². The molecule has 0 saturated heterocycles. The molecule has 2 aromatic heterocycles. The van der Waals surface area contributed by atoms with Crippen molar-refractivity contribution in [1.82, 2.24) is 14.5 Å². The maximum atomic E-state index is 13.6. The number of nitrogens with zero attached hydrogens (tertiary/aromatic N) is 3. The van der Waals surface area contributed by atoms with E-state index in [2.05, 4.69) is 9.97 Å². The third-order valence-electron chi connectivity index (χ3n) is 4.06. The van der Waals surface area contributed by atoms with Crippen LogP contribution in [-0.2, 0) is 0 Å². The fraction of sp³-hybridized carbons (Fsp3) is 0.0500. The van der Waals surface area contributed by atoms with Crippen molar-refractivity contribution in [2.24, 2.45) is 0 Å². The highest BCUT2D eigenvalue weighted by molar-refractivity contribution is 6.11. The van der Waals surface area contributed by atoms with Crippen LogP contribution in [0.2, 0.25) is 0 Å². The zero-order valence-corrected chi connectivity index (χ0v) is 13.5. The van der Waals surface area contributed by atoms with Crippen molar-refractivity contribution in [2.75, 3.05) is 0 Å². The predicted octanol–water partition coefficient (Wildman–Crippen LogP) is 4.10. The second-order valence-electron chi connectivity index (χ2n) is 5.81. The van der Waals surface area contributed by atoms with Crippen LogP contribution in [0.25, 0.3) is 16.9 Å². The fourth-order valence-electron chi connectivity index (χ4n) is 2.83. The molecule has 0 aliphatic rings. The molecule has 25 heavy (non-hydrogen) atoms. The van der Waals surface area contributed by atoms with E-state index in [0.29, 0.717) is 28.1 Å². The molecule has 0 amide bonds. The topological polar surface area (TPSA) is 47.8 Å². The monoisotopic (exact) mass is 331 g/mol. The maximum absolute atomic E-state index is 13.6. The first kappa shape index (κ1) is 15.2. The lowest BCUT2D eigenvalue weighted by Gasteiger charge is -2.08. The Hall–Kier alpha value is -3.34. The minimum atomic E-state index is -0.354. The lowest BCUT2D eigenvalue weighted by molar-refractivity contribution is 0.103. The first-order chi connectivity index (χ1) is 12.1. The number of ketones is 1. The van der Waals surface area contributed by atoms with E-state index in [1.165, 1.54) is 12.1 Å². The van der Waals surface area contributed by atoms with Crippen LogP contribution in [0, 0.1) is 12.7 Å². The molecule has 2 aromatic carbocycles. The van der Waals surface area contributed by atoms with Gasteiger partial charge in [0.1, 0.15) is 5.82 Å². The van der Waals surface area contributed by atoms with Crippen LogP contribution in [0.4, 0.5) is 4.39 Å². The van der Waals surface area contributed by atoms with Gasteiger partial charge in [0.2, 0.25) is 11.7 Å². The van der Waals surface area contributed by atoms with Gasteiger partial charge in [-0.15, -0.1) is 0 Å². The zero-order valence-electron chi connectivity index (χ0n) is 13.5. The third-order valence-corrected chi connectivity index (χ3v) is 4.06. The van der Waals surface area contributed by atoms with Gasteiger partial charge in [0, 0.05) is 23.3 Å². The van der Waals surface area contributed by atoms with Crippen molar-refractivity contribution >= 4 is 16.7 Å². The number of fused-ring (bicyclic) bond motifs is 1. The highest BCUT2D eigenvalue weighted by Crippen LogP contribution is 2.25. The molecule has 4 nitrogen and oxygen atoms in total. The minimum absolute atomic E-state index is 0.163. The number of hydrogen-bond acceptors (Lipinski definition) is 3. The summed E-state index contributed by atoms with van der Waals surface area (Å²) in [5.41, 5.74) is 2.72. The Balaban J connectivity index is 1.96. The molecule has 0 atom stereocenters. The summed E-state index contributed by atoms with van der Waals surface area (Å²) in [6, 6.07) is 15.1. The van der Waals surface area contributed by atoms with E-state index < -0.39 is 0 Å². The summed E-state index contributed by atoms with van der Waals surface area (Å²) in [7, 11) is 0. The van der Waals surface area contributed by atoms with Gasteiger partial charge in [-0.1, -0.05) is 29.8 Å². The molecule has 0 unspecified atom stereocenters. The first-order valence-corrected chi connectivity index (χ1v) is 7.83. The molecule has 4 rings (SSSR count). The first-order valence-electron chi connectivity index (χ1n) is 7.83. The number of rotatable bonds is 3. The average molecular weight is 331 g/mol. The molecule has 0 bridgehead atoms. The smallest absolute Gasteiger partial charge is 0.234 e. The molecule has 2 heterocycles. The van der Waals surface area contributed by atoms with Gasteiger partial charge in [-0.25, -0.2) is 14.4 Å². The molecular weight excluding hydrogens is 317 g/mol. The second kappa shape index (κ2) is 5.94. The predicted molar refractivity (Wildman–Crippen MR) is 93.4 cm³/mol. The van der Waals surface area contributed by atoms with Gasteiger partial charge in [0.25, 0.3) is 0 Å². The highest BCUT2D eigenvalue weighted by Gasteiger charge is 2.20. The summed E-state index contributed by atoms with van der Waals surface area (Å²) >= 11 is 0. The Morgan fingerprint density at radius 3 is 2.44 bits per heavy atom. The molecule has 5 heteroatoms. The van der Waals surface area contributed by atoms with Crippen molar-refractivity contribution < 1.29 is 9.18 Å². The number of aryl methyl sites for hydroxylation is 1. The van der Waals surface area contributed by atoms with Crippen molar-refractivity contribution in [2.45, 2.75) is 6.92 Å². The summed E-state index contributed by atoms with van der Waals surface area (Å²) in [5.74, 6) is -0.142. The Kier molecular flexibility index (Phi) is 3.61. The molecule has 0 radical (unpaired) electrons.